The Balaban J connectivity index is 1.66. The lowest BCUT2D eigenvalue weighted by molar-refractivity contribution is -0.131. The number of fused-ring (bicyclic) bond motifs is 5. The van der Waals surface area contributed by atoms with Crippen LogP contribution in [-0.2, 0) is 4.79 Å². The third-order valence-corrected chi connectivity index (χ3v) is 10.9. The van der Waals surface area contributed by atoms with E-state index >= 15 is 0 Å². The summed E-state index contributed by atoms with van der Waals surface area (Å²) in [5, 5.41) is 11.3. The van der Waals surface area contributed by atoms with Gasteiger partial charge in [0.15, 0.2) is 0 Å². The van der Waals surface area contributed by atoms with Crippen LogP contribution in [0.3, 0.4) is 0 Å². The molecule has 4 rings (SSSR count). The number of rotatable bonds is 3. The average molecular weight is 454 g/mol. The van der Waals surface area contributed by atoms with E-state index in [1.54, 1.807) is 0 Å². The molecule has 4 aliphatic rings. The minimum Gasteiger partial charge on any atom is -0.390 e. The third kappa shape index (κ3) is 3.17. The zero-order valence-electron chi connectivity index (χ0n) is 18.5. The van der Waals surface area contributed by atoms with E-state index < -0.39 is 5.60 Å². The molecule has 0 unspecified atom stereocenters. The van der Waals surface area contributed by atoms with Gasteiger partial charge in [-0.15, -0.1) is 0 Å². The first-order chi connectivity index (χ1) is 13.2. The molecule has 3 heteroatoms. The Kier molecular flexibility index (Phi) is 5.61. The lowest BCUT2D eigenvalue weighted by Gasteiger charge is -2.57. The number of alkyl halides is 1. The number of carbonyl (C=O) groups excluding carboxylic acids is 1. The molecule has 0 aliphatic heterocycles. The monoisotopic (exact) mass is 452 g/mol. The van der Waals surface area contributed by atoms with E-state index in [1.165, 1.54) is 44.9 Å². The molecule has 0 spiro atoms. The highest BCUT2D eigenvalue weighted by molar-refractivity contribution is 9.09. The van der Waals surface area contributed by atoms with Crippen molar-refractivity contribution in [3.05, 3.63) is 0 Å². The van der Waals surface area contributed by atoms with E-state index in [2.05, 4.69) is 43.6 Å². The van der Waals surface area contributed by atoms with E-state index in [0.29, 0.717) is 28.4 Å². The minimum absolute atomic E-state index is 0.211. The van der Waals surface area contributed by atoms with Gasteiger partial charge in [-0.1, -0.05) is 49.5 Å². The van der Waals surface area contributed by atoms with Crippen LogP contribution in [0.2, 0.25) is 0 Å². The van der Waals surface area contributed by atoms with Gasteiger partial charge in [0.1, 0.15) is 5.78 Å². The highest BCUT2D eigenvalue weighted by Crippen LogP contribution is 2.68. The number of carbonyl (C=O) groups is 1. The summed E-state index contributed by atoms with van der Waals surface area (Å²) in [5.74, 6) is 4.30. The van der Waals surface area contributed by atoms with Crippen molar-refractivity contribution >= 4 is 21.7 Å². The van der Waals surface area contributed by atoms with Crippen LogP contribution in [0.25, 0.3) is 0 Å². The predicted molar refractivity (Wildman–Crippen MR) is 118 cm³/mol. The van der Waals surface area contributed by atoms with Gasteiger partial charge < -0.3 is 5.11 Å². The molecule has 0 saturated heterocycles. The fourth-order valence-corrected chi connectivity index (χ4v) is 9.28. The van der Waals surface area contributed by atoms with Crippen LogP contribution in [0.5, 0.6) is 0 Å². The third-order valence-electron chi connectivity index (χ3n) is 10.4. The highest BCUT2D eigenvalue weighted by Gasteiger charge is 2.62. The second-order valence-electron chi connectivity index (χ2n) is 11.7. The molecule has 0 heterocycles. The normalized spacial score (nSPS) is 53.6. The van der Waals surface area contributed by atoms with Gasteiger partial charge in [-0.05, 0) is 98.7 Å². The van der Waals surface area contributed by atoms with Crippen molar-refractivity contribution in [2.75, 3.05) is 5.33 Å². The Morgan fingerprint density at radius 3 is 2.46 bits per heavy atom. The van der Waals surface area contributed by atoms with E-state index in [1.807, 2.05) is 0 Å². The number of aliphatic hydroxyl groups is 1. The van der Waals surface area contributed by atoms with Crippen LogP contribution in [0.1, 0.15) is 91.9 Å². The molecule has 0 bridgehead atoms. The maximum Gasteiger partial charge on any atom is 0.147 e. The molecule has 4 saturated carbocycles. The Bertz CT molecular complexity index is 616. The van der Waals surface area contributed by atoms with Gasteiger partial charge in [0.05, 0.1) is 10.9 Å². The molecule has 0 aromatic heterocycles. The van der Waals surface area contributed by atoms with Gasteiger partial charge in [-0.3, -0.25) is 4.79 Å². The van der Waals surface area contributed by atoms with Crippen molar-refractivity contribution in [1.82, 2.24) is 0 Å². The van der Waals surface area contributed by atoms with Crippen molar-refractivity contribution in [1.29, 1.82) is 0 Å². The van der Waals surface area contributed by atoms with Crippen molar-refractivity contribution in [2.24, 2.45) is 46.3 Å². The molecule has 9 atom stereocenters. The second-order valence-corrected chi connectivity index (χ2v) is 12.3. The molecule has 2 nitrogen and oxygen atoms in total. The van der Waals surface area contributed by atoms with E-state index in [-0.39, 0.29) is 11.3 Å². The SMILES string of the molecule is CC[C@@H]1C[C@H]2[C@H]3CCC[C@H]4C[C@](C)(O)CC[C@]4(C)[C@H]3CC[C@]2(C)[C@H]1C(=O)CBr. The lowest BCUT2D eigenvalue weighted by Crippen LogP contribution is -2.52. The number of halogens is 1. The van der Waals surface area contributed by atoms with Crippen molar-refractivity contribution in [2.45, 2.75) is 97.5 Å². The highest BCUT2D eigenvalue weighted by atomic mass is 79.9. The van der Waals surface area contributed by atoms with Crippen LogP contribution in [0, 0.1) is 46.3 Å². The summed E-state index contributed by atoms with van der Waals surface area (Å²) in [5.41, 5.74) is 0.147. The number of hydrogen-bond donors (Lipinski definition) is 1. The Labute approximate surface area is 180 Å². The summed E-state index contributed by atoms with van der Waals surface area (Å²) in [6, 6.07) is 0. The summed E-state index contributed by atoms with van der Waals surface area (Å²) < 4.78 is 0. The lowest BCUT2D eigenvalue weighted by atomic mass is 9.48. The predicted octanol–water partition coefficient (Wildman–Crippen LogP) is 6.39. The summed E-state index contributed by atoms with van der Waals surface area (Å²) in [6.07, 6.45) is 12.1. The standard InChI is InChI=1S/C25H41BrO2/c1-5-16-13-20-18-8-6-7-17-14-23(2,28)11-12-24(17,3)19(18)9-10-25(20,4)22(16)21(27)15-26/h16-20,22,28H,5-15H2,1-4H3/t16-,17+,18+,19+,20+,22-,23-,24+,25+/m1/s1. The van der Waals surface area contributed by atoms with Crippen molar-refractivity contribution in [3.8, 4) is 0 Å². The summed E-state index contributed by atoms with van der Waals surface area (Å²) in [7, 11) is 0. The first-order valence-corrected chi connectivity index (χ1v) is 13.1. The van der Waals surface area contributed by atoms with Crippen LogP contribution in [0.15, 0.2) is 0 Å². The number of Topliss-reactive ketones (excluding diaryl/α,β-unsaturated/α-hetero) is 1. The number of hydrogen-bond acceptors (Lipinski definition) is 2. The molecule has 0 radical (unpaired) electrons. The Morgan fingerprint density at radius 2 is 1.79 bits per heavy atom. The summed E-state index contributed by atoms with van der Waals surface area (Å²) in [6.45, 7) is 9.41. The fourth-order valence-electron chi connectivity index (χ4n) is 8.93. The molecule has 4 fully saturated rings. The largest absolute Gasteiger partial charge is 0.390 e. The van der Waals surface area contributed by atoms with Crippen LogP contribution in [0.4, 0.5) is 0 Å². The van der Waals surface area contributed by atoms with Gasteiger partial charge in [-0.25, -0.2) is 0 Å². The summed E-state index contributed by atoms with van der Waals surface area (Å²) in [4.78, 5) is 13.0. The Morgan fingerprint density at radius 1 is 1.04 bits per heavy atom. The quantitative estimate of drug-likeness (QED) is 0.503. The zero-order valence-corrected chi connectivity index (χ0v) is 20.1. The van der Waals surface area contributed by atoms with E-state index in [9.17, 15) is 9.90 Å². The Hall–Kier alpha value is 0.110. The molecule has 28 heavy (non-hydrogen) atoms. The molecule has 0 aromatic carbocycles. The maximum atomic E-state index is 13.0. The molecule has 1 N–H and O–H groups in total. The number of ketones is 1. The van der Waals surface area contributed by atoms with Crippen LogP contribution >= 0.6 is 15.9 Å². The maximum absolute atomic E-state index is 13.0. The van der Waals surface area contributed by atoms with Crippen molar-refractivity contribution in [3.63, 3.8) is 0 Å². The van der Waals surface area contributed by atoms with Gasteiger partial charge in [0, 0.05) is 5.92 Å². The first-order valence-electron chi connectivity index (χ1n) is 12.0. The van der Waals surface area contributed by atoms with Gasteiger partial charge in [0.2, 0.25) is 0 Å². The summed E-state index contributed by atoms with van der Waals surface area (Å²) >= 11 is 3.50. The molecule has 4 aliphatic carbocycles. The molecule has 0 aromatic rings. The first kappa shape index (κ1) is 21.3. The smallest absolute Gasteiger partial charge is 0.147 e. The minimum atomic E-state index is -0.457. The topological polar surface area (TPSA) is 37.3 Å². The zero-order chi connectivity index (χ0) is 20.3. The van der Waals surface area contributed by atoms with Crippen molar-refractivity contribution < 1.29 is 9.90 Å². The molecular weight excluding hydrogens is 412 g/mol. The van der Waals surface area contributed by atoms with Gasteiger partial charge in [-0.2, -0.15) is 0 Å². The molecular formula is C25H41BrO2. The molecule has 0 amide bonds. The average Bonchev–Trinajstić information content (AvgIpc) is 2.88. The van der Waals surface area contributed by atoms with Crippen LogP contribution in [-0.4, -0.2) is 21.8 Å². The fraction of sp³-hybridized carbons (Fsp3) is 0.960. The van der Waals surface area contributed by atoms with E-state index in [4.69, 9.17) is 0 Å². The van der Waals surface area contributed by atoms with Crippen LogP contribution < -0.4 is 0 Å². The van der Waals surface area contributed by atoms with E-state index in [0.717, 1.165) is 37.0 Å². The molecule has 160 valence electrons. The van der Waals surface area contributed by atoms with Gasteiger partial charge in [0.25, 0.3) is 0 Å². The second kappa shape index (κ2) is 7.36. The van der Waals surface area contributed by atoms with Gasteiger partial charge >= 0.3 is 0 Å².